The topological polar surface area (TPSA) is 15.3 Å². The van der Waals surface area contributed by atoms with Crippen molar-refractivity contribution in [3.8, 4) is 0 Å². The molecule has 0 bridgehead atoms. The maximum absolute atomic E-state index is 3.37. The lowest BCUT2D eigenvalue weighted by Gasteiger charge is -2.24. The molecule has 1 rings (SSSR count). The predicted molar refractivity (Wildman–Crippen MR) is 53.3 cm³/mol. The van der Waals surface area contributed by atoms with Gasteiger partial charge in [-0.2, -0.15) is 0 Å². The van der Waals surface area contributed by atoms with Crippen LogP contribution in [-0.2, 0) is 0 Å². The summed E-state index contributed by atoms with van der Waals surface area (Å²) in [5, 5.41) is 3.37. The van der Waals surface area contributed by atoms with E-state index in [9.17, 15) is 0 Å². The third-order valence-corrected chi connectivity index (χ3v) is 2.44. The van der Waals surface area contributed by atoms with E-state index in [-0.39, 0.29) is 0 Å². The van der Waals surface area contributed by atoms with E-state index in [1.807, 2.05) is 0 Å². The first-order valence-corrected chi connectivity index (χ1v) is 4.84. The number of hydrogen-bond donors (Lipinski definition) is 1. The Hall–Kier alpha value is -0.340. The van der Waals surface area contributed by atoms with Crippen molar-refractivity contribution in [2.24, 2.45) is 0 Å². The Balaban J connectivity index is 2.21. The highest BCUT2D eigenvalue weighted by atomic mass is 15.2. The number of hydrogen-bond acceptors (Lipinski definition) is 2. The minimum Gasteiger partial charge on any atom is -0.315 e. The SMILES string of the molecule is CCNCC(C)N1CC=C(C)C1. The smallest absolute Gasteiger partial charge is 0.0199 e. The van der Waals surface area contributed by atoms with Gasteiger partial charge in [-0.1, -0.05) is 18.6 Å². The number of likely N-dealkylation sites (N-methyl/N-ethyl adjacent to an activating group) is 1. The molecule has 0 aromatic heterocycles. The molecule has 1 aliphatic heterocycles. The van der Waals surface area contributed by atoms with Gasteiger partial charge in [-0.25, -0.2) is 0 Å². The van der Waals surface area contributed by atoms with E-state index in [1.54, 1.807) is 0 Å². The van der Waals surface area contributed by atoms with Gasteiger partial charge in [-0.05, 0) is 20.4 Å². The molecular weight excluding hydrogens is 148 g/mol. The van der Waals surface area contributed by atoms with Gasteiger partial charge >= 0.3 is 0 Å². The van der Waals surface area contributed by atoms with Gasteiger partial charge in [-0.15, -0.1) is 0 Å². The minimum absolute atomic E-state index is 0.665. The normalized spacial score (nSPS) is 21.1. The number of rotatable bonds is 4. The monoisotopic (exact) mass is 168 g/mol. The van der Waals surface area contributed by atoms with Crippen LogP contribution in [0.5, 0.6) is 0 Å². The van der Waals surface area contributed by atoms with E-state index in [2.05, 4.69) is 37.1 Å². The first kappa shape index (κ1) is 9.75. The quantitative estimate of drug-likeness (QED) is 0.635. The van der Waals surface area contributed by atoms with Crippen LogP contribution in [0, 0.1) is 0 Å². The molecule has 70 valence electrons. The van der Waals surface area contributed by atoms with Crippen molar-refractivity contribution in [1.82, 2.24) is 10.2 Å². The second-order valence-electron chi connectivity index (χ2n) is 3.64. The van der Waals surface area contributed by atoms with Crippen LogP contribution in [0.2, 0.25) is 0 Å². The lowest BCUT2D eigenvalue weighted by Crippen LogP contribution is -2.39. The van der Waals surface area contributed by atoms with Crippen LogP contribution in [0.15, 0.2) is 11.6 Å². The number of nitrogens with one attached hydrogen (secondary N) is 1. The fourth-order valence-electron chi connectivity index (χ4n) is 1.54. The lowest BCUT2D eigenvalue weighted by molar-refractivity contribution is 0.260. The third kappa shape index (κ3) is 2.61. The van der Waals surface area contributed by atoms with E-state index < -0.39 is 0 Å². The highest BCUT2D eigenvalue weighted by Crippen LogP contribution is 2.10. The number of nitrogens with zero attached hydrogens (tertiary/aromatic N) is 1. The van der Waals surface area contributed by atoms with Gasteiger partial charge < -0.3 is 5.32 Å². The summed E-state index contributed by atoms with van der Waals surface area (Å²) in [5.41, 5.74) is 1.51. The van der Waals surface area contributed by atoms with Crippen LogP contribution in [0.4, 0.5) is 0 Å². The van der Waals surface area contributed by atoms with Crippen molar-refractivity contribution in [2.75, 3.05) is 26.2 Å². The molecule has 0 saturated carbocycles. The standard InChI is InChI=1S/C10H20N2/c1-4-11-7-10(3)12-6-5-9(2)8-12/h5,10-11H,4,6-8H2,1-3H3. The van der Waals surface area contributed by atoms with Crippen LogP contribution < -0.4 is 5.32 Å². The molecule has 0 amide bonds. The predicted octanol–water partition coefficient (Wildman–Crippen LogP) is 1.25. The fraction of sp³-hybridized carbons (Fsp3) is 0.800. The van der Waals surface area contributed by atoms with Gasteiger partial charge in [-0.3, -0.25) is 4.90 Å². The molecule has 0 aromatic carbocycles. The van der Waals surface area contributed by atoms with Gasteiger partial charge in [0, 0.05) is 25.7 Å². The third-order valence-electron chi connectivity index (χ3n) is 2.44. The summed E-state index contributed by atoms with van der Waals surface area (Å²) < 4.78 is 0. The van der Waals surface area contributed by atoms with Crippen LogP contribution in [-0.4, -0.2) is 37.1 Å². The Morgan fingerprint density at radius 3 is 2.92 bits per heavy atom. The van der Waals surface area contributed by atoms with E-state index in [0.717, 1.165) is 26.2 Å². The molecule has 1 unspecified atom stereocenters. The van der Waals surface area contributed by atoms with Gasteiger partial charge in [0.2, 0.25) is 0 Å². The van der Waals surface area contributed by atoms with E-state index in [4.69, 9.17) is 0 Å². The first-order valence-electron chi connectivity index (χ1n) is 4.84. The van der Waals surface area contributed by atoms with Crippen LogP contribution in [0.1, 0.15) is 20.8 Å². The molecule has 0 radical (unpaired) electrons. The average Bonchev–Trinajstić information content (AvgIpc) is 2.47. The summed E-state index contributed by atoms with van der Waals surface area (Å²) in [6.07, 6.45) is 2.32. The molecule has 1 atom stereocenters. The second kappa shape index (κ2) is 4.63. The van der Waals surface area contributed by atoms with Crippen molar-refractivity contribution in [1.29, 1.82) is 0 Å². The summed E-state index contributed by atoms with van der Waals surface area (Å²) in [6.45, 7) is 11.1. The lowest BCUT2D eigenvalue weighted by atomic mass is 10.3. The molecule has 1 heterocycles. The summed E-state index contributed by atoms with van der Waals surface area (Å²) >= 11 is 0. The van der Waals surface area contributed by atoms with Gasteiger partial charge in [0.15, 0.2) is 0 Å². The van der Waals surface area contributed by atoms with Gasteiger partial charge in [0.1, 0.15) is 0 Å². The Bertz CT molecular complexity index is 163. The zero-order chi connectivity index (χ0) is 8.97. The zero-order valence-electron chi connectivity index (χ0n) is 8.43. The Kier molecular flexibility index (Phi) is 3.76. The fourth-order valence-corrected chi connectivity index (χ4v) is 1.54. The summed E-state index contributed by atoms with van der Waals surface area (Å²) in [6, 6.07) is 0.665. The van der Waals surface area contributed by atoms with Gasteiger partial charge in [0.25, 0.3) is 0 Å². The van der Waals surface area contributed by atoms with Crippen molar-refractivity contribution < 1.29 is 0 Å². The molecule has 0 saturated heterocycles. The molecule has 12 heavy (non-hydrogen) atoms. The van der Waals surface area contributed by atoms with Crippen molar-refractivity contribution in [3.63, 3.8) is 0 Å². The molecule has 2 heteroatoms. The summed E-state index contributed by atoms with van der Waals surface area (Å²) in [4.78, 5) is 2.50. The van der Waals surface area contributed by atoms with Crippen molar-refractivity contribution >= 4 is 0 Å². The molecule has 1 N–H and O–H groups in total. The summed E-state index contributed by atoms with van der Waals surface area (Å²) in [5.74, 6) is 0. The molecule has 2 nitrogen and oxygen atoms in total. The molecule has 0 aromatic rings. The maximum atomic E-state index is 3.37. The Labute approximate surface area is 75.6 Å². The molecular formula is C10H20N2. The van der Waals surface area contributed by atoms with Crippen LogP contribution in [0.3, 0.4) is 0 Å². The van der Waals surface area contributed by atoms with Crippen LogP contribution in [0.25, 0.3) is 0 Å². The van der Waals surface area contributed by atoms with Gasteiger partial charge in [0.05, 0.1) is 0 Å². The molecule has 0 aliphatic carbocycles. The van der Waals surface area contributed by atoms with E-state index >= 15 is 0 Å². The van der Waals surface area contributed by atoms with Crippen molar-refractivity contribution in [2.45, 2.75) is 26.8 Å². The maximum Gasteiger partial charge on any atom is 0.0199 e. The van der Waals surface area contributed by atoms with E-state index in [1.165, 1.54) is 5.57 Å². The molecule has 1 aliphatic rings. The zero-order valence-corrected chi connectivity index (χ0v) is 8.43. The highest BCUT2D eigenvalue weighted by Gasteiger charge is 2.16. The Morgan fingerprint density at radius 2 is 2.42 bits per heavy atom. The molecule has 0 spiro atoms. The van der Waals surface area contributed by atoms with Crippen LogP contribution >= 0.6 is 0 Å². The van der Waals surface area contributed by atoms with Crippen molar-refractivity contribution in [3.05, 3.63) is 11.6 Å². The summed E-state index contributed by atoms with van der Waals surface area (Å²) in [7, 11) is 0. The highest BCUT2D eigenvalue weighted by molar-refractivity contribution is 5.09. The first-order chi connectivity index (χ1) is 5.74. The minimum atomic E-state index is 0.665. The van der Waals surface area contributed by atoms with E-state index in [0.29, 0.717) is 6.04 Å². The Morgan fingerprint density at radius 1 is 1.67 bits per heavy atom. The molecule has 0 fully saturated rings. The largest absolute Gasteiger partial charge is 0.315 e. The second-order valence-corrected chi connectivity index (χ2v) is 3.64. The average molecular weight is 168 g/mol.